The van der Waals surface area contributed by atoms with Gasteiger partial charge in [0, 0.05) is 29.4 Å². The minimum absolute atomic E-state index is 0.0960. The molecule has 0 aliphatic carbocycles. The molecule has 7 heteroatoms. The Hall–Kier alpha value is -3.77. The van der Waals surface area contributed by atoms with Crippen molar-refractivity contribution < 1.29 is 19.4 Å². The van der Waals surface area contributed by atoms with Crippen molar-refractivity contribution in [1.29, 1.82) is 0 Å². The highest BCUT2D eigenvalue weighted by molar-refractivity contribution is 6.31. The molecular weight excluding hydrogens is 512 g/mol. The van der Waals surface area contributed by atoms with Gasteiger partial charge in [0.05, 0.1) is 6.04 Å². The van der Waals surface area contributed by atoms with Crippen LogP contribution in [0.2, 0.25) is 5.02 Å². The first kappa shape index (κ1) is 29.8. The van der Waals surface area contributed by atoms with Gasteiger partial charge in [0.2, 0.25) is 0 Å². The normalized spacial score (nSPS) is 11.5. The monoisotopic (exact) mass is 548 g/mol. The zero-order chi connectivity index (χ0) is 28.7. The second-order valence-corrected chi connectivity index (χ2v) is 10.2. The van der Waals surface area contributed by atoms with Gasteiger partial charge in [-0.15, -0.1) is 0 Å². The SMILES string of the molecule is CCC.Cc1cc(Oc2cccc(C(C)NC(=O)c3c(C)c4cc(Cl)ccc4n3C)c2)ccc1CCC(=O)O. The largest absolute Gasteiger partial charge is 0.481 e. The van der Waals surface area contributed by atoms with Gasteiger partial charge in [-0.1, -0.05) is 50.1 Å². The van der Waals surface area contributed by atoms with Gasteiger partial charge >= 0.3 is 5.97 Å². The van der Waals surface area contributed by atoms with Crippen molar-refractivity contribution in [2.45, 2.75) is 59.9 Å². The summed E-state index contributed by atoms with van der Waals surface area (Å²) in [6, 6.07) is 18.7. The molecule has 3 aromatic carbocycles. The lowest BCUT2D eigenvalue weighted by molar-refractivity contribution is -0.136. The third-order valence-corrected chi connectivity index (χ3v) is 6.73. The van der Waals surface area contributed by atoms with Crippen LogP contribution in [-0.2, 0) is 18.3 Å². The number of ether oxygens (including phenoxy) is 1. The first-order valence-corrected chi connectivity index (χ1v) is 13.6. The second kappa shape index (κ2) is 13.3. The molecule has 0 saturated heterocycles. The molecule has 206 valence electrons. The fourth-order valence-corrected chi connectivity index (χ4v) is 4.68. The number of benzene rings is 3. The van der Waals surface area contributed by atoms with E-state index in [1.165, 1.54) is 6.42 Å². The van der Waals surface area contributed by atoms with Gasteiger partial charge in [-0.3, -0.25) is 9.59 Å². The number of hydrogen-bond acceptors (Lipinski definition) is 3. The number of carboxylic acids is 1. The molecule has 0 spiro atoms. The van der Waals surface area contributed by atoms with E-state index >= 15 is 0 Å². The Morgan fingerprint density at radius 1 is 1.03 bits per heavy atom. The van der Waals surface area contributed by atoms with Crippen molar-refractivity contribution in [1.82, 2.24) is 9.88 Å². The first-order chi connectivity index (χ1) is 18.5. The number of carboxylic acid groups (broad SMARTS) is 1. The molecule has 1 amide bonds. The molecule has 2 N–H and O–H groups in total. The number of aromatic nitrogens is 1. The Balaban J connectivity index is 0.00000134. The number of nitrogens with one attached hydrogen (secondary N) is 1. The van der Waals surface area contributed by atoms with E-state index in [-0.39, 0.29) is 18.4 Å². The van der Waals surface area contributed by atoms with E-state index in [1.807, 2.05) is 93.0 Å². The quantitative estimate of drug-likeness (QED) is 0.233. The topological polar surface area (TPSA) is 80.6 Å². The molecule has 1 atom stereocenters. The maximum atomic E-state index is 13.2. The summed E-state index contributed by atoms with van der Waals surface area (Å²) in [5, 5.41) is 13.6. The van der Waals surface area contributed by atoms with Gasteiger partial charge in [-0.25, -0.2) is 0 Å². The minimum Gasteiger partial charge on any atom is -0.481 e. The van der Waals surface area contributed by atoms with Crippen molar-refractivity contribution in [3.8, 4) is 11.5 Å². The fourth-order valence-electron chi connectivity index (χ4n) is 4.51. The summed E-state index contributed by atoms with van der Waals surface area (Å²) in [6.45, 7) is 10.1. The third-order valence-electron chi connectivity index (χ3n) is 6.49. The second-order valence-electron chi connectivity index (χ2n) is 9.75. The lowest BCUT2D eigenvalue weighted by Crippen LogP contribution is -2.28. The molecule has 0 saturated carbocycles. The molecule has 0 fully saturated rings. The summed E-state index contributed by atoms with van der Waals surface area (Å²) in [4.78, 5) is 24.1. The molecule has 0 aliphatic rings. The number of hydrogen-bond donors (Lipinski definition) is 2. The molecule has 4 rings (SSSR count). The number of aryl methyl sites for hydroxylation is 4. The van der Waals surface area contributed by atoms with Crippen LogP contribution in [0.25, 0.3) is 10.9 Å². The van der Waals surface area contributed by atoms with Crippen molar-refractivity contribution in [2.24, 2.45) is 7.05 Å². The van der Waals surface area contributed by atoms with Gasteiger partial charge in [-0.05, 0) is 91.9 Å². The number of aliphatic carboxylic acids is 1. The average molecular weight is 549 g/mol. The van der Waals surface area contributed by atoms with E-state index in [0.29, 0.717) is 28.6 Å². The number of amides is 1. The number of carbonyl (C=O) groups is 2. The van der Waals surface area contributed by atoms with Crippen LogP contribution in [-0.4, -0.2) is 21.6 Å². The standard InChI is InChI=1S/C29H29ClN2O4.C3H8/c1-17-14-24(11-8-20(17)9-13-27(33)34)36-23-7-5-6-21(15-23)19(3)31-29(35)28-18(2)25-16-22(30)10-12-26(25)32(28)4;1-3-2/h5-8,10-12,14-16,19H,9,13H2,1-4H3,(H,31,35)(H,33,34);3H2,1-2H3. The summed E-state index contributed by atoms with van der Waals surface area (Å²) >= 11 is 6.17. The van der Waals surface area contributed by atoms with Crippen LogP contribution < -0.4 is 10.1 Å². The van der Waals surface area contributed by atoms with Crippen molar-refractivity contribution in [3.05, 3.63) is 93.6 Å². The summed E-state index contributed by atoms with van der Waals surface area (Å²) in [5.41, 5.74) is 5.33. The number of carbonyl (C=O) groups excluding carboxylic acids is 1. The van der Waals surface area contributed by atoms with Crippen molar-refractivity contribution in [2.75, 3.05) is 0 Å². The maximum Gasteiger partial charge on any atom is 0.303 e. The predicted molar refractivity (Wildman–Crippen MR) is 158 cm³/mol. The van der Waals surface area contributed by atoms with Crippen molar-refractivity contribution >= 4 is 34.4 Å². The summed E-state index contributed by atoms with van der Waals surface area (Å²) < 4.78 is 7.96. The molecular formula is C32H37ClN2O4. The zero-order valence-electron chi connectivity index (χ0n) is 23.5. The van der Waals surface area contributed by atoms with Crippen molar-refractivity contribution in [3.63, 3.8) is 0 Å². The van der Waals surface area contributed by atoms with Crippen LogP contribution in [0.5, 0.6) is 11.5 Å². The molecule has 0 aliphatic heterocycles. The molecule has 1 aromatic heterocycles. The Labute approximate surface area is 235 Å². The van der Waals surface area contributed by atoms with Crippen LogP contribution in [0, 0.1) is 13.8 Å². The van der Waals surface area contributed by atoms with Crippen LogP contribution in [0.1, 0.15) is 72.4 Å². The summed E-state index contributed by atoms with van der Waals surface area (Å²) in [7, 11) is 1.88. The van der Waals surface area contributed by atoms with E-state index in [9.17, 15) is 9.59 Å². The predicted octanol–water partition coefficient (Wildman–Crippen LogP) is 8.17. The Bertz CT molecular complexity index is 1470. The Morgan fingerprint density at radius 2 is 1.72 bits per heavy atom. The number of rotatable bonds is 8. The highest BCUT2D eigenvalue weighted by Gasteiger charge is 2.20. The van der Waals surface area contributed by atoms with E-state index in [1.54, 1.807) is 0 Å². The number of halogens is 1. The van der Waals surface area contributed by atoms with E-state index in [0.717, 1.165) is 33.2 Å². The maximum absolute atomic E-state index is 13.2. The van der Waals surface area contributed by atoms with Crippen LogP contribution in [0.4, 0.5) is 0 Å². The zero-order valence-corrected chi connectivity index (χ0v) is 24.2. The van der Waals surface area contributed by atoms with Gasteiger partial charge in [0.15, 0.2) is 0 Å². The first-order valence-electron chi connectivity index (χ1n) is 13.2. The highest BCUT2D eigenvalue weighted by atomic mass is 35.5. The highest BCUT2D eigenvalue weighted by Crippen LogP contribution is 2.29. The van der Waals surface area contributed by atoms with Gasteiger partial charge < -0.3 is 19.7 Å². The molecule has 6 nitrogen and oxygen atoms in total. The van der Waals surface area contributed by atoms with Gasteiger partial charge in [-0.2, -0.15) is 0 Å². The van der Waals surface area contributed by atoms with Gasteiger partial charge in [0.1, 0.15) is 17.2 Å². The summed E-state index contributed by atoms with van der Waals surface area (Å²) in [5.74, 6) is 0.355. The Morgan fingerprint density at radius 3 is 2.38 bits per heavy atom. The summed E-state index contributed by atoms with van der Waals surface area (Å²) in [6.07, 6.45) is 1.83. The molecule has 0 radical (unpaired) electrons. The smallest absolute Gasteiger partial charge is 0.303 e. The van der Waals surface area contributed by atoms with Crippen LogP contribution in [0.3, 0.4) is 0 Å². The fraction of sp³-hybridized carbons (Fsp3) is 0.312. The lowest BCUT2D eigenvalue weighted by Gasteiger charge is -2.17. The molecule has 0 bridgehead atoms. The molecule has 1 heterocycles. The molecule has 39 heavy (non-hydrogen) atoms. The van der Waals surface area contributed by atoms with Gasteiger partial charge in [0.25, 0.3) is 5.91 Å². The minimum atomic E-state index is -0.812. The number of fused-ring (bicyclic) bond motifs is 1. The van der Waals surface area contributed by atoms with Crippen LogP contribution >= 0.6 is 11.6 Å². The number of nitrogens with zero attached hydrogens (tertiary/aromatic N) is 1. The lowest BCUT2D eigenvalue weighted by atomic mass is 10.0. The average Bonchev–Trinajstić information content (AvgIpc) is 3.13. The van der Waals surface area contributed by atoms with E-state index in [4.69, 9.17) is 21.4 Å². The third kappa shape index (κ3) is 7.42. The van der Waals surface area contributed by atoms with E-state index in [2.05, 4.69) is 19.2 Å². The van der Waals surface area contributed by atoms with E-state index < -0.39 is 5.97 Å². The molecule has 1 unspecified atom stereocenters. The van der Waals surface area contributed by atoms with Crippen LogP contribution in [0.15, 0.2) is 60.7 Å². The Kier molecular flexibility index (Phi) is 10.2. The molecule has 4 aromatic rings.